The molecule has 208 valence electrons. The van der Waals surface area contributed by atoms with Crippen molar-refractivity contribution in [2.75, 3.05) is 45.8 Å². The highest BCUT2D eigenvalue weighted by atomic mass is 16.6. The van der Waals surface area contributed by atoms with Crippen molar-refractivity contribution in [3.8, 4) is 0 Å². The van der Waals surface area contributed by atoms with E-state index in [0.29, 0.717) is 45.7 Å². The van der Waals surface area contributed by atoms with Gasteiger partial charge >= 0.3 is 11.9 Å². The second-order valence-corrected chi connectivity index (χ2v) is 11.5. The van der Waals surface area contributed by atoms with Crippen molar-refractivity contribution in [1.82, 2.24) is 20.4 Å². The van der Waals surface area contributed by atoms with Gasteiger partial charge in [0.1, 0.15) is 17.2 Å². The first-order chi connectivity index (χ1) is 17.3. The summed E-state index contributed by atoms with van der Waals surface area (Å²) < 4.78 is 11.2. The molecule has 0 spiro atoms. The van der Waals surface area contributed by atoms with Crippen LogP contribution in [-0.4, -0.2) is 90.7 Å². The van der Waals surface area contributed by atoms with Gasteiger partial charge in [0, 0.05) is 52.2 Å². The lowest BCUT2D eigenvalue weighted by molar-refractivity contribution is -0.162. The van der Waals surface area contributed by atoms with Crippen LogP contribution in [0.1, 0.15) is 59.9 Å². The molecule has 9 heteroatoms. The number of amides is 1. The van der Waals surface area contributed by atoms with E-state index in [1.54, 1.807) is 0 Å². The van der Waals surface area contributed by atoms with E-state index in [-0.39, 0.29) is 30.8 Å². The van der Waals surface area contributed by atoms with Crippen LogP contribution in [0.25, 0.3) is 0 Å². The molecule has 1 unspecified atom stereocenters. The highest BCUT2D eigenvalue weighted by Gasteiger charge is 2.31. The lowest BCUT2D eigenvalue weighted by Gasteiger charge is -2.33. The van der Waals surface area contributed by atoms with Gasteiger partial charge in [-0.2, -0.15) is 0 Å². The van der Waals surface area contributed by atoms with Crippen LogP contribution in [0.15, 0.2) is 30.3 Å². The molecule has 1 aromatic rings. The quantitative estimate of drug-likeness (QED) is 0.481. The van der Waals surface area contributed by atoms with Gasteiger partial charge in [-0.15, -0.1) is 0 Å². The van der Waals surface area contributed by atoms with Crippen LogP contribution in [0.5, 0.6) is 0 Å². The van der Waals surface area contributed by atoms with E-state index in [9.17, 15) is 14.4 Å². The molecule has 0 aliphatic carbocycles. The Bertz CT molecular complexity index is 864. The molecule has 1 aliphatic rings. The normalized spacial score (nSPS) is 17.1. The zero-order chi connectivity index (χ0) is 27.5. The van der Waals surface area contributed by atoms with Gasteiger partial charge in [-0.1, -0.05) is 30.3 Å². The number of rotatable bonds is 9. The lowest BCUT2D eigenvalue weighted by atomic mass is 10.1. The highest BCUT2D eigenvalue weighted by Crippen LogP contribution is 2.16. The smallest absolute Gasteiger partial charge is 0.323 e. The molecule has 0 radical (unpaired) electrons. The van der Waals surface area contributed by atoms with Gasteiger partial charge in [-0.05, 0) is 53.5 Å². The van der Waals surface area contributed by atoms with Crippen molar-refractivity contribution in [2.24, 2.45) is 0 Å². The van der Waals surface area contributed by atoms with E-state index >= 15 is 0 Å². The van der Waals surface area contributed by atoms with Crippen LogP contribution in [0.3, 0.4) is 0 Å². The molecule has 1 saturated heterocycles. The maximum absolute atomic E-state index is 13.2. The Labute approximate surface area is 222 Å². The van der Waals surface area contributed by atoms with Crippen molar-refractivity contribution in [1.29, 1.82) is 0 Å². The van der Waals surface area contributed by atoms with Crippen LogP contribution in [-0.2, 0) is 30.4 Å². The van der Waals surface area contributed by atoms with Crippen LogP contribution in [0.2, 0.25) is 0 Å². The number of carbonyl (C=O) groups is 3. The van der Waals surface area contributed by atoms with Crippen LogP contribution >= 0.6 is 0 Å². The predicted molar refractivity (Wildman–Crippen MR) is 144 cm³/mol. The predicted octanol–water partition coefficient (Wildman–Crippen LogP) is 2.34. The molecule has 1 atom stereocenters. The maximum Gasteiger partial charge on any atom is 0.323 e. The summed E-state index contributed by atoms with van der Waals surface area (Å²) in [6.45, 7) is 15.7. The largest absolute Gasteiger partial charge is 0.459 e. The average molecular weight is 519 g/mol. The van der Waals surface area contributed by atoms with E-state index < -0.39 is 17.2 Å². The van der Waals surface area contributed by atoms with Crippen LogP contribution < -0.4 is 10.6 Å². The Morgan fingerprint density at radius 3 is 2.22 bits per heavy atom. The Morgan fingerprint density at radius 2 is 1.57 bits per heavy atom. The Hall–Kier alpha value is -2.49. The Balaban J connectivity index is 2.04. The molecule has 2 N–H and O–H groups in total. The van der Waals surface area contributed by atoms with E-state index in [1.165, 1.54) is 0 Å². The number of nitrogens with one attached hydrogen (secondary N) is 2. The monoisotopic (exact) mass is 518 g/mol. The summed E-state index contributed by atoms with van der Waals surface area (Å²) in [4.78, 5) is 42.4. The molecule has 1 aliphatic heterocycles. The minimum atomic E-state index is -0.633. The zero-order valence-electron chi connectivity index (χ0n) is 23.5. The molecule has 0 aromatic heterocycles. The number of hydrogen-bond acceptors (Lipinski definition) is 8. The van der Waals surface area contributed by atoms with Crippen molar-refractivity contribution in [3.05, 3.63) is 35.9 Å². The SMILES string of the molecule is CC(C)(C)OC(=O)CN1CCNCCN(C(CCC(=O)NCc2ccccc2)C(=O)OC(C)(C)C)CC1. The summed E-state index contributed by atoms with van der Waals surface area (Å²) in [6.07, 6.45) is 0.559. The number of benzene rings is 1. The minimum absolute atomic E-state index is 0.105. The average Bonchev–Trinajstić information content (AvgIpc) is 2.89. The first-order valence-corrected chi connectivity index (χ1v) is 13.2. The van der Waals surface area contributed by atoms with Crippen LogP contribution in [0, 0.1) is 0 Å². The van der Waals surface area contributed by atoms with E-state index in [4.69, 9.17) is 9.47 Å². The molecule has 9 nitrogen and oxygen atoms in total. The standard InChI is InChI=1S/C28H46N4O5/c1-27(2,3)36-25(34)21-31-16-14-29-15-17-32(19-18-31)23(26(35)37-28(4,5)6)12-13-24(33)30-20-22-10-8-7-9-11-22/h7-11,23,29H,12-21H2,1-6H3,(H,30,33). The fraction of sp³-hybridized carbons (Fsp3) is 0.679. The van der Waals surface area contributed by atoms with Gasteiger partial charge in [0.2, 0.25) is 5.91 Å². The van der Waals surface area contributed by atoms with Crippen molar-refractivity contribution in [3.63, 3.8) is 0 Å². The summed E-state index contributed by atoms with van der Waals surface area (Å²) in [5, 5.41) is 6.33. The number of nitrogens with zero attached hydrogens (tertiary/aromatic N) is 2. The summed E-state index contributed by atoms with van der Waals surface area (Å²) >= 11 is 0. The van der Waals surface area contributed by atoms with Gasteiger partial charge in [-0.25, -0.2) is 0 Å². The molecule has 37 heavy (non-hydrogen) atoms. The topological polar surface area (TPSA) is 100 Å². The number of esters is 2. The second kappa shape index (κ2) is 14.4. The first kappa shape index (κ1) is 30.7. The molecule has 2 rings (SSSR count). The third kappa shape index (κ3) is 13.0. The van der Waals surface area contributed by atoms with Crippen molar-refractivity contribution < 1.29 is 23.9 Å². The zero-order valence-corrected chi connectivity index (χ0v) is 23.5. The molecular weight excluding hydrogens is 472 g/mol. The summed E-state index contributed by atoms with van der Waals surface area (Å²) in [7, 11) is 0. The van der Waals surface area contributed by atoms with Gasteiger partial charge in [-0.3, -0.25) is 24.2 Å². The second-order valence-electron chi connectivity index (χ2n) is 11.5. The van der Waals surface area contributed by atoms with Gasteiger partial charge in [0.15, 0.2) is 0 Å². The van der Waals surface area contributed by atoms with Crippen molar-refractivity contribution >= 4 is 17.8 Å². The summed E-state index contributed by atoms with van der Waals surface area (Å²) in [5.41, 5.74) is -0.147. The third-order valence-corrected chi connectivity index (χ3v) is 5.75. The highest BCUT2D eigenvalue weighted by molar-refractivity contribution is 5.79. The Kier molecular flexibility index (Phi) is 12.0. The molecule has 1 fully saturated rings. The van der Waals surface area contributed by atoms with Gasteiger partial charge in [0.05, 0.1) is 6.54 Å². The fourth-order valence-electron chi connectivity index (χ4n) is 4.08. The molecule has 1 heterocycles. The molecular formula is C28H46N4O5. The van der Waals surface area contributed by atoms with Crippen LogP contribution in [0.4, 0.5) is 0 Å². The summed E-state index contributed by atoms with van der Waals surface area (Å²) in [6, 6.07) is 9.16. The van der Waals surface area contributed by atoms with Gasteiger partial charge in [0.25, 0.3) is 0 Å². The summed E-state index contributed by atoms with van der Waals surface area (Å²) in [5.74, 6) is -0.704. The molecule has 0 bridgehead atoms. The number of hydrogen-bond donors (Lipinski definition) is 2. The van der Waals surface area contributed by atoms with E-state index in [1.807, 2.05) is 76.8 Å². The number of carbonyl (C=O) groups excluding carboxylic acids is 3. The Morgan fingerprint density at radius 1 is 0.919 bits per heavy atom. The molecule has 1 amide bonds. The molecule has 1 aromatic carbocycles. The number of ether oxygens (including phenoxy) is 2. The van der Waals surface area contributed by atoms with E-state index in [2.05, 4.69) is 15.5 Å². The first-order valence-electron chi connectivity index (χ1n) is 13.2. The molecule has 0 saturated carbocycles. The van der Waals surface area contributed by atoms with E-state index in [0.717, 1.165) is 12.1 Å². The maximum atomic E-state index is 13.2. The fourth-order valence-corrected chi connectivity index (χ4v) is 4.08. The van der Waals surface area contributed by atoms with Crippen molar-refractivity contribution in [2.45, 2.75) is 78.2 Å². The van der Waals surface area contributed by atoms with Gasteiger partial charge < -0.3 is 20.1 Å². The third-order valence-electron chi connectivity index (χ3n) is 5.75. The minimum Gasteiger partial charge on any atom is -0.459 e. The lowest BCUT2D eigenvalue weighted by Crippen LogP contribution is -2.49.